The minimum atomic E-state index is 0.372. The lowest BCUT2D eigenvalue weighted by molar-refractivity contribution is 0.116. The van der Waals surface area contributed by atoms with E-state index in [0.717, 1.165) is 5.52 Å². The molecule has 108 valence electrons. The van der Waals surface area contributed by atoms with E-state index >= 15 is 0 Å². The molecule has 0 amide bonds. The second-order valence-corrected chi connectivity index (χ2v) is 7.23. The molecule has 0 radical (unpaired) electrons. The van der Waals surface area contributed by atoms with Gasteiger partial charge in [-0.1, -0.05) is 0 Å². The summed E-state index contributed by atoms with van der Waals surface area (Å²) in [4.78, 5) is 6.77. The molecule has 3 rings (SSSR count). The molecule has 1 fully saturated rings. The summed E-state index contributed by atoms with van der Waals surface area (Å²) in [6, 6.07) is 7.12. The predicted molar refractivity (Wildman–Crippen MR) is 87.6 cm³/mol. The monoisotopic (exact) mass is 289 g/mol. The summed E-state index contributed by atoms with van der Waals surface area (Å²) in [7, 11) is 4.40. The van der Waals surface area contributed by atoms with Gasteiger partial charge in [0, 0.05) is 17.3 Å². The number of anilines is 1. The Labute approximate surface area is 125 Å². The fourth-order valence-corrected chi connectivity index (χ4v) is 3.67. The van der Waals surface area contributed by atoms with E-state index in [9.17, 15) is 0 Å². The van der Waals surface area contributed by atoms with E-state index in [1.165, 1.54) is 36.1 Å². The van der Waals surface area contributed by atoms with E-state index in [-0.39, 0.29) is 0 Å². The number of rotatable bonds is 3. The minimum absolute atomic E-state index is 0.372. The van der Waals surface area contributed by atoms with Gasteiger partial charge in [0.15, 0.2) is 0 Å². The number of hydrogen-bond donors (Lipinski definition) is 1. The number of nitrogens with zero attached hydrogens (tertiary/aromatic N) is 2. The first kappa shape index (κ1) is 13.8. The quantitative estimate of drug-likeness (QED) is 0.926. The summed E-state index contributed by atoms with van der Waals surface area (Å²) in [6.07, 6.45) is 5.00. The molecule has 1 aliphatic rings. The summed E-state index contributed by atoms with van der Waals surface area (Å²) in [5.41, 5.74) is 4.60. The molecular formula is C16H23N3S. The van der Waals surface area contributed by atoms with E-state index in [4.69, 9.17) is 0 Å². The van der Waals surface area contributed by atoms with E-state index < -0.39 is 0 Å². The third-order valence-electron chi connectivity index (χ3n) is 4.84. The molecule has 0 aliphatic heterocycles. The van der Waals surface area contributed by atoms with Crippen LogP contribution in [0.4, 0.5) is 5.69 Å². The molecule has 1 aromatic heterocycles. The molecule has 1 N–H and O–H groups in total. The Morgan fingerprint density at radius 1 is 1.30 bits per heavy atom. The van der Waals surface area contributed by atoms with E-state index in [1.807, 2.05) is 5.51 Å². The number of benzene rings is 1. The Kier molecular flexibility index (Phi) is 3.69. The molecular weight excluding hydrogens is 266 g/mol. The molecule has 20 heavy (non-hydrogen) atoms. The van der Waals surface area contributed by atoms with Gasteiger partial charge >= 0.3 is 0 Å². The van der Waals surface area contributed by atoms with Crippen LogP contribution in [0.5, 0.6) is 0 Å². The predicted octanol–water partition coefficient (Wildman–Crippen LogP) is 3.97. The van der Waals surface area contributed by atoms with Crippen LogP contribution in [0.3, 0.4) is 0 Å². The van der Waals surface area contributed by atoms with Crippen molar-refractivity contribution in [1.29, 1.82) is 0 Å². The van der Waals surface area contributed by atoms with Crippen molar-refractivity contribution >= 4 is 27.2 Å². The van der Waals surface area contributed by atoms with Crippen LogP contribution in [0.1, 0.15) is 32.6 Å². The van der Waals surface area contributed by atoms with Gasteiger partial charge in [-0.15, -0.1) is 11.3 Å². The maximum Gasteiger partial charge on any atom is 0.0832 e. The van der Waals surface area contributed by atoms with Crippen molar-refractivity contribution in [3.8, 4) is 0 Å². The topological polar surface area (TPSA) is 28.2 Å². The number of thiazole rings is 1. The first-order valence-corrected chi connectivity index (χ1v) is 8.22. The number of aromatic nitrogens is 1. The van der Waals surface area contributed by atoms with Crippen LogP contribution in [-0.4, -0.2) is 35.6 Å². The van der Waals surface area contributed by atoms with Crippen LogP contribution in [0.15, 0.2) is 23.7 Å². The Morgan fingerprint density at radius 2 is 2.05 bits per heavy atom. The summed E-state index contributed by atoms with van der Waals surface area (Å²) in [5, 5.41) is 3.69. The van der Waals surface area contributed by atoms with E-state index in [2.05, 4.69) is 54.4 Å². The zero-order chi connectivity index (χ0) is 14.2. The average molecular weight is 289 g/mol. The Balaban J connectivity index is 1.64. The highest BCUT2D eigenvalue weighted by Crippen LogP contribution is 2.33. The number of nitrogens with one attached hydrogen (secondary N) is 1. The highest BCUT2D eigenvalue weighted by Gasteiger charge is 2.32. The zero-order valence-corrected chi connectivity index (χ0v) is 13.3. The first-order valence-electron chi connectivity index (χ1n) is 7.34. The van der Waals surface area contributed by atoms with Crippen LogP contribution >= 0.6 is 11.3 Å². The molecule has 0 atom stereocenters. The second-order valence-electron chi connectivity index (χ2n) is 6.34. The Morgan fingerprint density at radius 3 is 2.75 bits per heavy atom. The molecule has 3 nitrogen and oxygen atoms in total. The number of hydrogen-bond acceptors (Lipinski definition) is 4. The van der Waals surface area contributed by atoms with Crippen molar-refractivity contribution in [3.63, 3.8) is 0 Å². The second kappa shape index (κ2) is 5.34. The van der Waals surface area contributed by atoms with Crippen molar-refractivity contribution in [2.24, 2.45) is 0 Å². The van der Waals surface area contributed by atoms with Crippen molar-refractivity contribution in [3.05, 3.63) is 23.7 Å². The lowest BCUT2D eigenvalue weighted by Gasteiger charge is -2.42. The Hall–Kier alpha value is -1.13. The first-order chi connectivity index (χ1) is 9.57. The normalized spacial score (nSPS) is 27.1. The molecule has 1 aromatic carbocycles. The lowest BCUT2D eigenvalue weighted by Crippen LogP contribution is -2.46. The molecule has 0 unspecified atom stereocenters. The average Bonchev–Trinajstić information content (AvgIpc) is 2.89. The summed E-state index contributed by atoms with van der Waals surface area (Å²) in [5.74, 6) is 0. The van der Waals surface area contributed by atoms with E-state index in [1.54, 1.807) is 11.3 Å². The van der Waals surface area contributed by atoms with Crippen molar-refractivity contribution in [1.82, 2.24) is 9.88 Å². The van der Waals surface area contributed by atoms with Gasteiger partial charge < -0.3 is 10.2 Å². The molecule has 1 aliphatic carbocycles. The van der Waals surface area contributed by atoms with Crippen LogP contribution in [-0.2, 0) is 0 Å². The van der Waals surface area contributed by atoms with Gasteiger partial charge in [-0.2, -0.15) is 0 Å². The maximum absolute atomic E-state index is 4.39. The van der Waals surface area contributed by atoms with Crippen LogP contribution in [0.2, 0.25) is 0 Å². The van der Waals surface area contributed by atoms with Crippen molar-refractivity contribution < 1.29 is 0 Å². The molecule has 0 spiro atoms. The molecule has 4 heteroatoms. The SMILES string of the molecule is CN(C)C1(C)CCC(Nc2ccc3scnc3c2)CC1. The van der Waals surface area contributed by atoms with Gasteiger partial charge in [0.05, 0.1) is 15.7 Å². The van der Waals surface area contributed by atoms with Gasteiger partial charge in [-0.05, 0) is 64.9 Å². The fraction of sp³-hybridized carbons (Fsp3) is 0.562. The highest BCUT2D eigenvalue weighted by atomic mass is 32.1. The fourth-order valence-electron chi connectivity index (χ4n) is 3.01. The minimum Gasteiger partial charge on any atom is -0.382 e. The van der Waals surface area contributed by atoms with Gasteiger partial charge in [-0.25, -0.2) is 4.98 Å². The van der Waals surface area contributed by atoms with Crippen LogP contribution in [0.25, 0.3) is 10.2 Å². The molecule has 2 aromatic rings. The standard InChI is InChI=1S/C16H23N3S/c1-16(19(2)3)8-6-12(7-9-16)18-13-4-5-15-14(10-13)17-11-20-15/h4-5,10-12,18H,6-9H2,1-3H3. The van der Waals surface area contributed by atoms with Crippen molar-refractivity contribution in [2.75, 3.05) is 19.4 Å². The summed E-state index contributed by atoms with van der Waals surface area (Å²) in [6.45, 7) is 2.38. The maximum atomic E-state index is 4.39. The van der Waals surface area contributed by atoms with Crippen molar-refractivity contribution in [2.45, 2.75) is 44.2 Å². The van der Waals surface area contributed by atoms with Crippen LogP contribution in [0, 0.1) is 0 Å². The lowest BCUT2D eigenvalue weighted by atomic mass is 9.80. The highest BCUT2D eigenvalue weighted by molar-refractivity contribution is 7.16. The van der Waals surface area contributed by atoms with Gasteiger partial charge in [0.2, 0.25) is 0 Å². The summed E-state index contributed by atoms with van der Waals surface area (Å²) >= 11 is 1.70. The third kappa shape index (κ3) is 2.67. The Bertz CT molecular complexity index is 582. The molecule has 1 saturated carbocycles. The molecule has 0 saturated heterocycles. The smallest absolute Gasteiger partial charge is 0.0832 e. The zero-order valence-electron chi connectivity index (χ0n) is 12.5. The van der Waals surface area contributed by atoms with Gasteiger partial charge in [-0.3, -0.25) is 0 Å². The third-order valence-corrected chi connectivity index (χ3v) is 5.65. The largest absolute Gasteiger partial charge is 0.382 e. The van der Waals surface area contributed by atoms with E-state index in [0.29, 0.717) is 11.6 Å². The van der Waals surface area contributed by atoms with Crippen LogP contribution < -0.4 is 5.32 Å². The molecule has 1 heterocycles. The number of fused-ring (bicyclic) bond motifs is 1. The van der Waals surface area contributed by atoms with Gasteiger partial charge in [0.1, 0.15) is 0 Å². The molecule has 0 bridgehead atoms. The van der Waals surface area contributed by atoms with Gasteiger partial charge in [0.25, 0.3) is 0 Å². The summed E-state index contributed by atoms with van der Waals surface area (Å²) < 4.78 is 1.26.